The zero-order valence-corrected chi connectivity index (χ0v) is 24.7. The van der Waals surface area contributed by atoms with Crippen LogP contribution in [-0.4, -0.2) is 12.6 Å². The van der Waals surface area contributed by atoms with E-state index in [0.29, 0.717) is 40.4 Å². The predicted octanol–water partition coefficient (Wildman–Crippen LogP) is 9.68. The lowest BCUT2D eigenvalue weighted by atomic mass is 9.88. The number of ether oxygens (including phenoxy) is 2. The third kappa shape index (κ3) is 7.74. The van der Waals surface area contributed by atoms with Gasteiger partial charge in [0, 0.05) is 10.9 Å². The van der Waals surface area contributed by atoms with Crippen molar-refractivity contribution in [1.82, 2.24) is 0 Å². The maximum absolute atomic E-state index is 12.3. The lowest BCUT2D eigenvalue weighted by Crippen LogP contribution is -2.06. The first-order valence-electron chi connectivity index (χ1n) is 14.4. The number of rotatable bonds is 9. The Labute approximate surface area is 244 Å². The molecule has 0 saturated carbocycles. The van der Waals surface area contributed by atoms with Gasteiger partial charge in [0.15, 0.2) is 0 Å². The Kier molecular flexibility index (Phi) is 11.5. The third-order valence-electron chi connectivity index (χ3n) is 6.39. The van der Waals surface area contributed by atoms with Crippen molar-refractivity contribution >= 4 is 16.7 Å². The fraction of sp³-hybridized carbons (Fsp3) is 0.306. The highest BCUT2D eigenvalue weighted by atomic mass is 16.5. The summed E-state index contributed by atoms with van der Waals surface area (Å²) in [4.78, 5) is 12.3. The first-order chi connectivity index (χ1) is 19.9. The Morgan fingerprint density at radius 3 is 2.22 bits per heavy atom. The maximum Gasteiger partial charge on any atom is 0.338 e. The molecule has 0 N–H and O–H groups in total. The molecule has 0 aliphatic heterocycles. The summed E-state index contributed by atoms with van der Waals surface area (Å²) in [5, 5.41) is 21.6. The molecule has 0 aliphatic rings. The minimum Gasteiger partial charge on any atom is -0.462 e. The molecule has 0 unspecified atom stereocenters. The number of hydrogen-bond donors (Lipinski definition) is 0. The van der Waals surface area contributed by atoms with E-state index in [1.165, 1.54) is 6.42 Å². The molecule has 0 fully saturated rings. The van der Waals surface area contributed by atoms with Crippen molar-refractivity contribution in [2.75, 3.05) is 6.61 Å². The number of esters is 1. The number of fused-ring (bicyclic) bond motifs is 1. The van der Waals surface area contributed by atoms with Gasteiger partial charge in [-0.15, -0.1) is 0 Å². The van der Waals surface area contributed by atoms with E-state index in [-0.39, 0.29) is 5.97 Å². The zero-order valence-electron chi connectivity index (χ0n) is 24.7. The second-order valence-electron chi connectivity index (χ2n) is 10.0. The van der Waals surface area contributed by atoms with Gasteiger partial charge in [0.05, 0.1) is 23.3 Å². The van der Waals surface area contributed by atoms with E-state index in [9.17, 15) is 15.3 Å². The molecule has 0 aliphatic carbocycles. The fourth-order valence-electron chi connectivity index (χ4n) is 4.55. The highest BCUT2D eigenvalue weighted by molar-refractivity contribution is 6.05. The van der Waals surface area contributed by atoms with Crippen LogP contribution in [0.1, 0.15) is 86.0 Å². The third-order valence-corrected chi connectivity index (χ3v) is 6.39. The molecule has 0 bridgehead atoms. The average molecular weight is 547 g/mol. The summed E-state index contributed by atoms with van der Waals surface area (Å²) in [5.41, 5.74) is 4.78. The second kappa shape index (κ2) is 15.2. The number of carbonyl (C=O) groups is 1. The molecule has 0 atom stereocenters. The maximum atomic E-state index is 12.3. The van der Waals surface area contributed by atoms with Gasteiger partial charge in [0.2, 0.25) is 0 Å². The van der Waals surface area contributed by atoms with E-state index in [0.717, 1.165) is 53.1 Å². The van der Waals surface area contributed by atoms with Crippen molar-refractivity contribution in [3.8, 4) is 34.8 Å². The molecule has 0 radical (unpaired) electrons. The molecule has 4 aromatic carbocycles. The molecule has 0 spiro atoms. The second-order valence-corrected chi connectivity index (χ2v) is 10.0. The number of unbranched alkanes of at least 4 members (excludes halogenated alkanes) is 1. The smallest absolute Gasteiger partial charge is 0.338 e. The number of benzene rings is 4. The summed E-state index contributed by atoms with van der Waals surface area (Å²) >= 11 is 0. The topological polar surface area (TPSA) is 83.1 Å². The quantitative estimate of drug-likeness (QED) is 0.154. The number of aryl methyl sites for hydroxylation is 2. The number of hydrogen-bond acceptors (Lipinski definition) is 5. The van der Waals surface area contributed by atoms with Crippen molar-refractivity contribution in [3.63, 3.8) is 0 Å². The van der Waals surface area contributed by atoms with Crippen molar-refractivity contribution in [2.45, 2.75) is 66.7 Å². The first kappa shape index (κ1) is 30.9. The molecule has 41 heavy (non-hydrogen) atoms. The van der Waals surface area contributed by atoms with Gasteiger partial charge in [-0.2, -0.15) is 10.5 Å². The molecular weight excluding hydrogens is 508 g/mol. The Balaban J connectivity index is 0.00000147. The number of nitriles is 2. The summed E-state index contributed by atoms with van der Waals surface area (Å²) in [6.07, 6.45) is 4.83. The van der Waals surface area contributed by atoms with Gasteiger partial charge in [-0.1, -0.05) is 82.9 Å². The monoisotopic (exact) mass is 546 g/mol. The number of carbonyl (C=O) groups excluding carboxylic acids is 1. The van der Waals surface area contributed by atoms with Crippen LogP contribution in [0.4, 0.5) is 0 Å². The van der Waals surface area contributed by atoms with Crippen molar-refractivity contribution < 1.29 is 14.3 Å². The van der Waals surface area contributed by atoms with Gasteiger partial charge >= 0.3 is 5.97 Å². The van der Waals surface area contributed by atoms with E-state index >= 15 is 0 Å². The fourth-order valence-corrected chi connectivity index (χ4v) is 4.55. The van der Waals surface area contributed by atoms with Crippen molar-refractivity contribution in [2.24, 2.45) is 0 Å². The highest BCUT2D eigenvalue weighted by Gasteiger charge is 2.20. The van der Waals surface area contributed by atoms with E-state index in [1.54, 1.807) is 30.3 Å². The van der Waals surface area contributed by atoms with Crippen LogP contribution in [0.2, 0.25) is 0 Å². The normalized spacial score (nSPS) is 10.2. The zero-order chi connectivity index (χ0) is 29.8. The minimum atomic E-state index is -0.357. The molecule has 5 heteroatoms. The molecule has 4 rings (SSSR count). The molecule has 0 saturated heterocycles. The predicted molar refractivity (Wildman–Crippen MR) is 165 cm³/mol. The molecule has 4 aromatic rings. The molecule has 0 heterocycles. The van der Waals surface area contributed by atoms with Gasteiger partial charge in [-0.3, -0.25) is 0 Å². The van der Waals surface area contributed by atoms with E-state index < -0.39 is 0 Å². The SMILES string of the molecule is CCC.CCCCOC(=O)c1ccc(Oc2cc(CCC)cc3cc(C#N)c(C#N)c(-c4cccc(C)c4)c23)cc1. The van der Waals surface area contributed by atoms with Crippen molar-refractivity contribution in [3.05, 3.63) is 94.5 Å². The van der Waals surface area contributed by atoms with Crippen LogP contribution in [0.15, 0.2) is 66.7 Å². The Bertz CT molecular complexity index is 1570. The molecule has 5 nitrogen and oxygen atoms in total. The Hall–Kier alpha value is -4.61. The summed E-state index contributed by atoms with van der Waals surface area (Å²) in [6.45, 7) is 10.8. The van der Waals surface area contributed by atoms with Crippen LogP contribution in [0.25, 0.3) is 21.9 Å². The Morgan fingerprint density at radius 2 is 1.61 bits per heavy atom. The van der Waals surface area contributed by atoms with E-state index in [1.807, 2.05) is 44.2 Å². The lowest BCUT2D eigenvalue weighted by Gasteiger charge is -2.17. The van der Waals surface area contributed by atoms with Gasteiger partial charge in [-0.25, -0.2) is 4.79 Å². The molecule has 210 valence electrons. The molecule has 0 aromatic heterocycles. The van der Waals surface area contributed by atoms with Crippen LogP contribution < -0.4 is 4.74 Å². The highest BCUT2D eigenvalue weighted by Crippen LogP contribution is 2.42. The molecule has 0 amide bonds. The summed E-state index contributed by atoms with van der Waals surface area (Å²) < 4.78 is 11.7. The summed E-state index contributed by atoms with van der Waals surface area (Å²) in [7, 11) is 0. The Morgan fingerprint density at radius 1 is 0.878 bits per heavy atom. The van der Waals surface area contributed by atoms with Crippen LogP contribution in [-0.2, 0) is 11.2 Å². The van der Waals surface area contributed by atoms with Crippen molar-refractivity contribution in [1.29, 1.82) is 10.5 Å². The molecular formula is C36H38N2O3. The van der Waals surface area contributed by atoms with Gasteiger partial charge in [-0.05, 0) is 72.7 Å². The van der Waals surface area contributed by atoms with Gasteiger partial charge < -0.3 is 9.47 Å². The summed E-state index contributed by atoms with van der Waals surface area (Å²) in [5.74, 6) is 0.801. The van der Waals surface area contributed by atoms with Crippen LogP contribution in [0, 0.1) is 29.6 Å². The van der Waals surface area contributed by atoms with Crippen LogP contribution in [0.3, 0.4) is 0 Å². The standard InChI is InChI=1S/C33H30N2O3.C3H8/c1-4-6-15-37-33(36)24-11-13-28(14-12-24)38-30-18-23(8-5-2)17-26-19-27(20-34)29(21-35)31(32(26)30)25-10-7-9-22(3)16-25;1-3-2/h7,9-14,16-19H,4-6,8,15H2,1-3H3;3H2,1-2H3. The summed E-state index contributed by atoms with van der Waals surface area (Å²) in [6, 6.07) is 25.1. The minimum absolute atomic E-state index is 0.323. The lowest BCUT2D eigenvalue weighted by molar-refractivity contribution is 0.0499. The van der Waals surface area contributed by atoms with E-state index in [2.05, 4.69) is 39.0 Å². The van der Waals surface area contributed by atoms with Gasteiger partial charge in [0.1, 0.15) is 23.6 Å². The van der Waals surface area contributed by atoms with Gasteiger partial charge in [0.25, 0.3) is 0 Å². The van der Waals surface area contributed by atoms with Crippen LogP contribution in [0.5, 0.6) is 11.5 Å². The van der Waals surface area contributed by atoms with E-state index in [4.69, 9.17) is 9.47 Å². The number of nitrogens with zero attached hydrogens (tertiary/aromatic N) is 2. The average Bonchev–Trinajstić information content (AvgIpc) is 2.97. The largest absolute Gasteiger partial charge is 0.462 e. The van der Waals surface area contributed by atoms with Crippen LogP contribution >= 0.6 is 0 Å². The first-order valence-corrected chi connectivity index (χ1v) is 14.4.